The lowest BCUT2D eigenvalue weighted by Gasteiger charge is -2.15. The highest BCUT2D eigenvalue weighted by atomic mass is 16.2. The molecule has 0 aromatic carbocycles. The summed E-state index contributed by atoms with van der Waals surface area (Å²) in [7, 11) is 3.67. The van der Waals surface area contributed by atoms with Gasteiger partial charge in [0.1, 0.15) is 5.69 Å². The topological polar surface area (TPSA) is 45.2 Å². The lowest BCUT2D eigenvalue weighted by Crippen LogP contribution is -2.29. The number of hydrogen-bond acceptors (Lipinski definition) is 3. The fourth-order valence-corrected chi connectivity index (χ4v) is 1.48. The molecule has 1 N–H and O–H groups in total. The van der Waals surface area contributed by atoms with E-state index in [9.17, 15) is 4.79 Å². The van der Waals surface area contributed by atoms with Gasteiger partial charge in [0.2, 0.25) is 0 Å². The Labute approximate surface area is 89.3 Å². The highest BCUT2D eigenvalue weighted by Crippen LogP contribution is 2.26. The Morgan fingerprint density at radius 1 is 1.53 bits per heavy atom. The third-order valence-electron chi connectivity index (χ3n) is 2.69. The number of amides is 1. The molecule has 1 aromatic rings. The molecule has 2 rings (SSSR count). The van der Waals surface area contributed by atoms with Gasteiger partial charge in [-0.15, -0.1) is 0 Å². The summed E-state index contributed by atoms with van der Waals surface area (Å²) >= 11 is 0. The number of rotatable bonds is 3. The molecule has 1 heterocycles. The maximum Gasteiger partial charge on any atom is 0.272 e. The van der Waals surface area contributed by atoms with Gasteiger partial charge in [-0.2, -0.15) is 0 Å². The van der Waals surface area contributed by atoms with Crippen molar-refractivity contribution in [3.05, 3.63) is 24.0 Å². The van der Waals surface area contributed by atoms with Gasteiger partial charge in [-0.05, 0) is 25.0 Å². The first-order valence-electron chi connectivity index (χ1n) is 5.13. The second-order valence-corrected chi connectivity index (χ2v) is 3.83. The zero-order valence-corrected chi connectivity index (χ0v) is 9.03. The second-order valence-electron chi connectivity index (χ2n) is 3.83. The van der Waals surface area contributed by atoms with E-state index in [0.29, 0.717) is 11.7 Å². The van der Waals surface area contributed by atoms with Crippen molar-refractivity contribution in [2.75, 3.05) is 19.4 Å². The summed E-state index contributed by atoms with van der Waals surface area (Å²) in [5.74, 6) is 0.0140. The predicted molar refractivity (Wildman–Crippen MR) is 58.9 cm³/mol. The maximum absolute atomic E-state index is 11.9. The van der Waals surface area contributed by atoms with Crippen molar-refractivity contribution in [3.63, 3.8) is 0 Å². The maximum atomic E-state index is 11.9. The van der Waals surface area contributed by atoms with Crippen LogP contribution in [0.1, 0.15) is 23.3 Å². The van der Waals surface area contributed by atoms with Gasteiger partial charge in [-0.25, -0.2) is 4.98 Å². The fraction of sp³-hybridized carbons (Fsp3) is 0.455. The third-order valence-corrected chi connectivity index (χ3v) is 2.69. The summed E-state index contributed by atoms with van der Waals surface area (Å²) in [4.78, 5) is 17.8. The van der Waals surface area contributed by atoms with Crippen LogP contribution < -0.4 is 5.32 Å². The minimum Gasteiger partial charge on any atom is -0.387 e. The van der Waals surface area contributed by atoms with Crippen LogP contribution in [0.3, 0.4) is 0 Å². The van der Waals surface area contributed by atoms with Crippen LogP contribution in [0.15, 0.2) is 18.3 Å². The molecule has 0 unspecified atom stereocenters. The van der Waals surface area contributed by atoms with Gasteiger partial charge in [0.05, 0.1) is 11.9 Å². The molecule has 0 radical (unpaired) electrons. The first kappa shape index (κ1) is 9.96. The van der Waals surface area contributed by atoms with Crippen LogP contribution >= 0.6 is 0 Å². The van der Waals surface area contributed by atoms with Crippen LogP contribution in [-0.2, 0) is 0 Å². The van der Waals surface area contributed by atoms with Crippen molar-refractivity contribution in [3.8, 4) is 0 Å². The number of nitrogens with one attached hydrogen (secondary N) is 1. The van der Waals surface area contributed by atoms with Crippen LogP contribution in [0.25, 0.3) is 0 Å². The van der Waals surface area contributed by atoms with Gasteiger partial charge >= 0.3 is 0 Å². The molecule has 0 aliphatic heterocycles. The van der Waals surface area contributed by atoms with Crippen molar-refractivity contribution < 1.29 is 4.79 Å². The van der Waals surface area contributed by atoms with E-state index in [1.807, 2.05) is 20.2 Å². The van der Waals surface area contributed by atoms with E-state index in [4.69, 9.17) is 0 Å². The zero-order valence-electron chi connectivity index (χ0n) is 9.03. The van der Waals surface area contributed by atoms with Gasteiger partial charge in [0.25, 0.3) is 5.91 Å². The number of anilines is 1. The number of hydrogen-bond donors (Lipinski definition) is 1. The molecule has 80 valence electrons. The molecule has 0 bridgehead atoms. The standard InChI is InChI=1S/C11H15N3O/c1-12-8-3-6-10(13-7-8)11(15)14(2)9-4-5-9/h3,6-7,9,12H,4-5H2,1-2H3. The monoisotopic (exact) mass is 205 g/mol. The molecule has 0 saturated heterocycles. The Hall–Kier alpha value is -1.58. The summed E-state index contributed by atoms with van der Waals surface area (Å²) < 4.78 is 0. The molecule has 1 aliphatic rings. The van der Waals surface area contributed by atoms with Gasteiger partial charge in [-0.3, -0.25) is 4.79 Å². The van der Waals surface area contributed by atoms with Crippen LogP contribution in [-0.4, -0.2) is 35.9 Å². The Morgan fingerprint density at radius 3 is 2.73 bits per heavy atom. The van der Waals surface area contributed by atoms with E-state index in [1.54, 1.807) is 17.2 Å². The van der Waals surface area contributed by atoms with E-state index >= 15 is 0 Å². The van der Waals surface area contributed by atoms with Gasteiger partial charge in [0.15, 0.2) is 0 Å². The number of carbonyl (C=O) groups excluding carboxylic acids is 1. The van der Waals surface area contributed by atoms with Crippen LogP contribution in [0.2, 0.25) is 0 Å². The normalized spacial score (nSPS) is 14.8. The number of aromatic nitrogens is 1. The van der Waals surface area contributed by atoms with Crippen molar-refractivity contribution >= 4 is 11.6 Å². The van der Waals surface area contributed by atoms with E-state index in [-0.39, 0.29) is 5.91 Å². The van der Waals surface area contributed by atoms with Crippen LogP contribution in [0.4, 0.5) is 5.69 Å². The third kappa shape index (κ3) is 2.09. The molecular formula is C11H15N3O. The van der Waals surface area contributed by atoms with Crippen molar-refractivity contribution in [2.24, 2.45) is 0 Å². The lowest BCUT2D eigenvalue weighted by molar-refractivity contribution is 0.0779. The van der Waals surface area contributed by atoms with E-state index in [2.05, 4.69) is 10.3 Å². The Kier molecular flexibility index (Phi) is 2.58. The highest BCUT2D eigenvalue weighted by Gasteiger charge is 2.30. The average molecular weight is 205 g/mol. The first-order chi connectivity index (χ1) is 7.22. The molecule has 1 saturated carbocycles. The minimum atomic E-state index is 0.0140. The molecule has 15 heavy (non-hydrogen) atoms. The molecule has 1 amide bonds. The molecule has 1 aliphatic carbocycles. The quantitative estimate of drug-likeness (QED) is 0.810. The van der Waals surface area contributed by atoms with Gasteiger partial charge < -0.3 is 10.2 Å². The molecule has 4 heteroatoms. The average Bonchev–Trinajstić information content (AvgIpc) is 3.11. The smallest absolute Gasteiger partial charge is 0.272 e. The van der Waals surface area contributed by atoms with Gasteiger partial charge in [0, 0.05) is 20.1 Å². The van der Waals surface area contributed by atoms with Crippen molar-refractivity contribution in [1.29, 1.82) is 0 Å². The number of pyridine rings is 1. The highest BCUT2D eigenvalue weighted by molar-refractivity contribution is 5.92. The van der Waals surface area contributed by atoms with Crippen LogP contribution in [0.5, 0.6) is 0 Å². The Bertz CT molecular complexity index is 357. The van der Waals surface area contributed by atoms with E-state index in [0.717, 1.165) is 18.5 Å². The van der Waals surface area contributed by atoms with E-state index in [1.165, 1.54) is 0 Å². The van der Waals surface area contributed by atoms with Crippen LogP contribution in [0, 0.1) is 0 Å². The summed E-state index contributed by atoms with van der Waals surface area (Å²) in [5.41, 5.74) is 1.43. The Balaban J connectivity index is 2.10. The van der Waals surface area contributed by atoms with Crippen molar-refractivity contribution in [1.82, 2.24) is 9.88 Å². The molecule has 1 aromatic heterocycles. The molecular weight excluding hydrogens is 190 g/mol. The summed E-state index contributed by atoms with van der Waals surface area (Å²) in [6.07, 6.45) is 3.92. The summed E-state index contributed by atoms with van der Waals surface area (Å²) in [5, 5.41) is 2.97. The number of carbonyl (C=O) groups is 1. The van der Waals surface area contributed by atoms with E-state index < -0.39 is 0 Å². The fourth-order valence-electron chi connectivity index (χ4n) is 1.48. The summed E-state index contributed by atoms with van der Waals surface area (Å²) in [6, 6.07) is 4.05. The SMILES string of the molecule is CNc1ccc(C(=O)N(C)C2CC2)nc1. The van der Waals surface area contributed by atoms with Crippen molar-refractivity contribution in [2.45, 2.75) is 18.9 Å². The summed E-state index contributed by atoms with van der Waals surface area (Å²) in [6.45, 7) is 0. The lowest BCUT2D eigenvalue weighted by atomic mass is 10.3. The number of nitrogens with zero attached hydrogens (tertiary/aromatic N) is 2. The Morgan fingerprint density at radius 2 is 2.27 bits per heavy atom. The second kappa shape index (κ2) is 3.88. The molecule has 0 spiro atoms. The molecule has 0 atom stereocenters. The largest absolute Gasteiger partial charge is 0.387 e. The molecule has 4 nitrogen and oxygen atoms in total. The molecule has 1 fully saturated rings. The predicted octanol–water partition coefficient (Wildman–Crippen LogP) is 1.36. The zero-order chi connectivity index (χ0) is 10.8. The minimum absolute atomic E-state index is 0.0140. The van der Waals surface area contributed by atoms with Gasteiger partial charge in [-0.1, -0.05) is 0 Å². The first-order valence-corrected chi connectivity index (χ1v) is 5.13.